The molecule has 1 aliphatic carbocycles. The lowest BCUT2D eigenvalue weighted by Crippen LogP contribution is -2.16. The second kappa shape index (κ2) is 11.0. The van der Waals surface area contributed by atoms with Gasteiger partial charge in [0, 0.05) is 17.2 Å². The summed E-state index contributed by atoms with van der Waals surface area (Å²) in [6.07, 6.45) is 1.88. The first kappa shape index (κ1) is 24.2. The Morgan fingerprint density at radius 1 is 1.29 bits per heavy atom. The number of esters is 1. The number of hydrogen-bond donors (Lipinski definition) is 1. The van der Waals surface area contributed by atoms with E-state index in [2.05, 4.69) is 33.1 Å². The minimum absolute atomic E-state index is 0.00636. The van der Waals surface area contributed by atoms with Gasteiger partial charge in [-0.25, -0.2) is 0 Å². The number of benzene rings is 2. The van der Waals surface area contributed by atoms with E-state index >= 15 is 0 Å². The Kier molecular flexibility index (Phi) is 7.83. The van der Waals surface area contributed by atoms with Crippen molar-refractivity contribution < 1.29 is 14.3 Å². The molecule has 0 radical (unpaired) electrons. The van der Waals surface area contributed by atoms with Crippen molar-refractivity contribution in [2.75, 3.05) is 12.4 Å². The van der Waals surface area contributed by atoms with E-state index in [9.17, 15) is 10.1 Å². The van der Waals surface area contributed by atoms with Crippen molar-refractivity contribution in [1.82, 2.24) is 14.9 Å². The summed E-state index contributed by atoms with van der Waals surface area (Å²) in [5, 5.41) is 20.0. The topological polar surface area (TPSA) is 97.1 Å². The fourth-order valence-corrected chi connectivity index (χ4v) is 5.56. The van der Waals surface area contributed by atoms with Crippen LogP contribution in [-0.2, 0) is 16.0 Å². The van der Waals surface area contributed by atoms with E-state index in [1.807, 2.05) is 39.0 Å². The van der Waals surface area contributed by atoms with Crippen LogP contribution in [0.25, 0.3) is 21.1 Å². The predicted molar refractivity (Wildman–Crippen MR) is 135 cm³/mol. The quantitative estimate of drug-likeness (QED) is 0.315. The van der Waals surface area contributed by atoms with Gasteiger partial charge in [-0.3, -0.25) is 9.52 Å². The summed E-state index contributed by atoms with van der Waals surface area (Å²) in [6.45, 7) is 6.07. The van der Waals surface area contributed by atoms with Crippen molar-refractivity contribution in [2.45, 2.75) is 45.8 Å². The van der Waals surface area contributed by atoms with Crippen molar-refractivity contribution in [3.63, 3.8) is 0 Å². The van der Waals surface area contributed by atoms with Gasteiger partial charge >= 0.3 is 5.97 Å². The lowest BCUT2D eigenvalue weighted by Gasteiger charge is -2.13. The van der Waals surface area contributed by atoms with E-state index in [1.54, 1.807) is 6.07 Å². The second-order valence-electron chi connectivity index (χ2n) is 8.08. The zero-order chi connectivity index (χ0) is 24.1. The Hall–Kier alpha value is -2.93. The lowest BCUT2D eigenvalue weighted by molar-refractivity contribution is -0.139. The standard InChI is InChI=1S/C25H26N4O3S2/c1-4-31-23(30)14-33-29-21-10-9-18-19(21)6-5-7-20(18)25-28-27-24(34-25)16-8-11-22(32-15(2)3)17(12-16)13-26/h5-8,11-12,15,21,29H,4,9-10,14H2,1-3H3. The number of nitrogens with one attached hydrogen (secondary N) is 1. The highest BCUT2D eigenvalue weighted by molar-refractivity contribution is 7.98. The zero-order valence-electron chi connectivity index (χ0n) is 19.3. The molecule has 0 fully saturated rings. The number of carbonyl (C=O) groups excluding carboxylic acids is 1. The van der Waals surface area contributed by atoms with Gasteiger partial charge in [0.15, 0.2) is 0 Å². The number of fused-ring (bicyclic) bond motifs is 1. The molecule has 0 bridgehead atoms. The third kappa shape index (κ3) is 5.41. The maximum atomic E-state index is 11.6. The molecular weight excluding hydrogens is 468 g/mol. The van der Waals surface area contributed by atoms with Gasteiger partial charge < -0.3 is 9.47 Å². The Morgan fingerprint density at radius 2 is 2.12 bits per heavy atom. The number of rotatable bonds is 9. The highest BCUT2D eigenvalue weighted by atomic mass is 32.2. The Bertz CT molecular complexity index is 1220. The van der Waals surface area contributed by atoms with Crippen molar-refractivity contribution in [3.8, 4) is 33.0 Å². The SMILES string of the molecule is CCOC(=O)CSNC1CCc2c(-c3nnc(-c4ccc(OC(C)C)c(C#N)c4)s3)cccc21. The van der Waals surface area contributed by atoms with Crippen LogP contribution in [0.4, 0.5) is 0 Å². The van der Waals surface area contributed by atoms with Crippen molar-refractivity contribution in [1.29, 1.82) is 5.26 Å². The number of nitrogens with zero attached hydrogens (tertiary/aromatic N) is 3. The first-order chi connectivity index (χ1) is 16.5. The summed E-state index contributed by atoms with van der Waals surface area (Å²) in [7, 11) is 0. The second-order valence-corrected chi connectivity index (χ2v) is 9.87. The van der Waals surface area contributed by atoms with E-state index in [0.717, 1.165) is 34.0 Å². The average Bonchev–Trinajstić information content (AvgIpc) is 3.47. The number of ether oxygens (including phenoxy) is 2. The third-order valence-corrected chi connectivity index (χ3v) is 7.19. The van der Waals surface area contributed by atoms with Gasteiger partial charge in [0.25, 0.3) is 0 Å². The van der Waals surface area contributed by atoms with Gasteiger partial charge in [0.2, 0.25) is 0 Å². The molecule has 9 heteroatoms. The molecule has 7 nitrogen and oxygen atoms in total. The Labute approximate surface area is 207 Å². The molecule has 1 aliphatic rings. The van der Waals surface area contributed by atoms with Gasteiger partial charge in [0.05, 0.1) is 18.3 Å². The summed E-state index contributed by atoms with van der Waals surface area (Å²) >= 11 is 2.90. The molecular formula is C25H26N4O3S2. The molecule has 0 saturated heterocycles. The molecule has 1 aromatic heterocycles. The summed E-state index contributed by atoms with van der Waals surface area (Å²) in [5.74, 6) is 0.646. The van der Waals surface area contributed by atoms with Crippen LogP contribution in [0.1, 0.15) is 49.9 Å². The first-order valence-corrected chi connectivity index (χ1v) is 13.0. The molecule has 1 N–H and O–H groups in total. The normalized spacial score (nSPS) is 14.6. The molecule has 0 aliphatic heterocycles. The molecule has 0 amide bonds. The minimum Gasteiger partial charge on any atom is -0.490 e. The van der Waals surface area contributed by atoms with Crippen LogP contribution in [0.2, 0.25) is 0 Å². The molecule has 4 rings (SSSR count). The van der Waals surface area contributed by atoms with E-state index in [-0.39, 0.29) is 23.9 Å². The molecule has 2 aromatic carbocycles. The van der Waals surface area contributed by atoms with Gasteiger partial charge in [-0.2, -0.15) is 5.26 Å². The summed E-state index contributed by atoms with van der Waals surface area (Å²) in [4.78, 5) is 11.6. The van der Waals surface area contributed by atoms with Gasteiger partial charge in [-0.1, -0.05) is 41.5 Å². The largest absolute Gasteiger partial charge is 0.490 e. The maximum absolute atomic E-state index is 11.6. The van der Waals surface area contributed by atoms with Crippen LogP contribution in [0.15, 0.2) is 36.4 Å². The highest BCUT2D eigenvalue weighted by Crippen LogP contribution is 2.40. The third-order valence-electron chi connectivity index (χ3n) is 5.36. The van der Waals surface area contributed by atoms with Gasteiger partial charge in [0.1, 0.15) is 27.6 Å². The number of carbonyl (C=O) groups is 1. The van der Waals surface area contributed by atoms with Crippen LogP contribution in [0, 0.1) is 11.3 Å². The highest BCUT2D eigenvalue weighted by Gasteiger charge is 2.26. The van der Waals surface area contributed by atoms with Gasteiger partial charge in [-0.05, 0) is 62.9 Å². The average molecular weight is 495 g/mol. The lowest BCUT2D eigenvalue weighted by atomic mass is 10.0. The number of hydrogen-bond acceptors (Lipinski definition) is 9. The molecule has 0 spiro atoms. The minimum atomic E-state index is -0.211. The van der Waals surface area contributed by atoms with Crippen molar-refractivity contribution in [3.05, 3.63) is 53.1 Å². The van der Waals surface area contributed by atoms with Gasteiger partial charge in [-0.15, -0.1) is 10.2 Å². The van der Waals surface area contributed by atoms with E-state index in [0.29, 0.717) is 17.9 Å². The van der Waals surface area contributed by atoms with Crippen molar-refractivity contribution >= 4 is 29.3 Å². The smallest absolute Gasteiger partial charge is 0.317 e. The monoisotopic (exact) mass is 494 g/mol. The summed E-state index contributed by atoms with van der Waals surface area (Å²) < 4.78 is 14.1. The van der Waals surface area contributed by atoms with Crippen molar-refractivity contribution in [2.24, 2.45) is 0 Å². The molecule has 0 saturated carbocycles. The molecule has 1 atom stereocenters. The molecule has 1 unspecified atom stereocenters. The molecule has 3 aromatic rings. The van der Waals surface area contributed by atoms with E-state index in [1.165, 1.54) is 34.4 Å². The zero-order valence-corrected chi connectivity index (χ0v) is 21.0. The summed E-state index contributed by atoms with van der Waals surface area (Å²) in [5.41, 5.74) is 4.91. The first-order valence-electron chi connectivity index (χ1n) is 11.2. The van der Waals surface area contributed by atoms with Crippen LogP contribution in [0.5, 0.6) is 5.75 Å². The number of aromatic nitrogens is 2. The van der Waals surface area contributed by atoms with Crippen LogP contribution >= 0.6 is 23.3 Å². The van der Waals surface area contributed by atoms with E-state index < -0.39 is 0 Å². The number of nitriles is 1. The summed E-state index contributed by atoms with van der Waals surface area (Å²) in [6, 6.07) is 14.2. The Balaban J connectivity index is 1.52. The van der Waals surface area contributed by atoms with Crippen LogP contribution in [-0.4, -0.2) is 34.6 Å². The fourth-order valence-electron chi connectivity index (χ4n) is 3.94. The van der Waals surface area contributed by atoms with E-state index in [4.69, 9.17) is 9.47 Å². The molecule has 34 heavy (non-hydrogen) atoms. The predicted octanol–water partition coefficient (Wildman–Crippen LogP) is 5.32. The molecule has 176 valence electrons. The van der Waals surface area contributed by atoms with Crippen LogP contribution in [0.3, 0.4) is 0 Å². The Morgan fingerprint density at radius 3 is 2.88 bits per heavy atom. The van der Waals surface area contributed by atoms with Crippen LogP contribution < -0.4 is 9.46 Å². The molecule has 1 heterocycles. The fraction of sp³-hybridized carbons (Fsp3) is 0.360. The maximum Gasteiger partial charge on any atom is 0.317 e.